The highest BCUT2D eigenvalue weighted by Gasteiger charge is 2.31. The van der Waals surface area contributed by atoms with Crippen LogP contribution in [-0.4, -0.2) is 44.7 Å². The fraction of sp³-hybridized carbons (Fsp3) is 0.533. The van der Waals surface area contributed by atoms with Gasteiger partial charge >= 0.3 is 6.09 Å². The van der Waals surface area contributed by atoms with Gasteiger partial charge in [-0.3, -0.25) is 0 Å². The van der Waals surface area contributed by atoms with Crippen molar-refractivity contribution in [2.75, 3.05) is 13.1 Å². The molecule has 3 rings (SSSR count). The molecule has 0 N–H and O–H groups in total. The van der Waals surface area contributed by atoms with Crippen molar-refractivity contribution in [3.63, 3.8) is 0 Å². The third kappa shape index (κ3) is 3.18. The second-order valence-electron chi connectivity index (χ2n) is 6.54. The van der Waals surface area contributed by atoms with Gasteiger partial charge in [0.05, 0.1) is 11.6 Å². The third-order valence-electron chi connectivity index (χ3n) is 3.59. The number of ether oxygens (including phenoxy) is 1. The Morgan fingerprint density at radius 1 is 1.41 bits per heavy atom. The maximum absolute atomic E-state index is 12.1. The summed E-state index contributed by atoms with van der Waals surface area (Å²) < 4.78 is 8.50. The predicted octanol–water partition coefficient (Wildman–Crippen LogP) is 3.22. The molecule has 1 aromatic heterocycles. The summed E-state index contributed by atoms with van der Waals surface area (Å²) in [5, 5.41) is 8.50. The molecule has 0 radical (unpaired) electrons. The lowest BCUT2D eigenvalue weighted by Gasteiger charge is -2.24. The quantitative estimate of drug-likeness (QED) is 0.673. The molecule has 118 valence electrons. The molecule has 0 bridgehead atoms. The molecule has 0 aliphatic carbocycles. The lowest BCUT2D eigenvalue weighted by molar-refractivity contribution is 0.0288. The van der Waals surface area contributed by atoms with Crippen molar-refractivity contribution < 1.29 is 9.53 Å². The number of aromatic nitrogens is 3. The number of hydrogen-bond acceptors (Lipinski definition) is 4. The van der Waals surface area contributed by atoms with Crippen LogP contribution in [0.15, 0.2) is 18.2 Å². The molecule has 1 aliphatic heterocycles. The van der Waals surface area contributed by atoms with E-state index in [9.17, 15) is 4.79 Å². The molecule has 22 heavy (non-hydrogen) atoms. The zero-order chi connectivity index (χ0) is 15.9. The molecule has 1 saturated heterocycles. The summed E-state index contributed by atoms with van der Waals surface area (Å²) in [7, 11) is 0. The van der Waals surface area contributed by atoms with E-state index in [0.717, 1.165) is 21.0 Å². The smallest absolute Gasteiger partial charge is 0.410 e. The van der Waals surface area contributed by atoms with Gasteiger partial charge in [-0.1, -0.05) is 5.21 Å². The van der Waals surface area contributed by atoms with E-state index in [0.29, 0.717) is 13.1 Å². The summed E-state index contributed by atoms with van der Waals surface area (Å²) in [6, 6.07) is 6.24. The van der Waals surface area contributed by atoms with Gasteiger partial charge in [0, 0.05) is 16.7 Å². The molecule has 2 heterocycles. The summed E-state index contributed by atoms with van der Waals surface area (Å²) in [5.74, 6) is 0. The highest BCUT2D eigenvalue weighted by molar-refractivity contribution is 14.1. The van der Waals surface area contributed by atoms with Gasteiger partial charge in [0.1, 0.15) is 11.1 Å². The van der Waals surface area contributed by atoms with E-state index in [1.807, 2.05) is 43.7 Å². The maximum atomic E-state index is 12.1. The van der Waals surface area contributed by atoms with Crippen molar-refractivity contribution in [2.24, 2.45) is 0 Å². The van der Waals surface area contributed by atoms with Gasteiger partial charge in [0.15, 0.2) is 0 Å². The molecule has 1 aliphatic rings. The highest BCUT2D eigenvalue weighted by Crippen LogP contribution is 2.26. The monoisotopic (exact) mass is 414 g/mol. The van der Waals surface area contributed by atoms with Gasteiger partial charge in [-0.25, -0.2) is 9.48 Å². The second-order valence-corrected chi connectivity index (χ2v) is 7.78. The number of benzene rings is 1. The van der Waals surface area contributed by atoms with Gasteiger partial charge in [-0.05, 0) is 68.0 Å². The Kier molecular flexibility index (Phi) is 4.00. The zero-order valence-electron chi connectivity index (χ0n) is 12.9. The highest BCUT2D eigenvalue weighted by atomic mass is 127. The average molecular weight is 414 g/mol. The Morgan fingerprint density at radius 3 is 2.91 bits per heavy atom. The standard InChI is InChI=1S/C15H19IN4O2/c1-15(2,3)22-14(21)19-7-6-11(9-19)20-13-5-4-10(16)8-12(13)17-18-20/h4-5,8,11H,6-7,9H2,1-3H3. The number of likely N-dealkylation sites (tertiary alicyclic amines) is 1. The first-order valence-corrected chi connectivity index (χ1v) is 8.40. The molecular formula is C15H19IN4O2. The van der Waals surface area contributed by atoms with E-state index in [-0.39, 0.29) is 12.1 Å². The predicted molar refractivity (Wildman–Crippen MR) is 91.7 cm³/mol. The van der Waals surface area contributed by atoms with Crippen molar-refractivity contribution >= 4 is 39.7 Å². The minimum atomic E-state index is -0.466. The Hall–Kier alpha value is -1.38. The van der Waals surface area contributed by atoms with Crippen molar-refractivity contribution in [3.05, 3.63) is 21.8 Å². The number of carbonyl (C=O) groups excluding carboxylic acids is 1. The van der Waals surface area contributed by atoms with Crippen LogP contribution in [0.5, 0.6) is 0 Å². The van der Waals surface area contributed by atoms with Crippen LogP contribution in [0.1, 0.15) is 33.2 Å². The lowest BCUT2D eigenvalue weighted by Crippen LogP contribution is -2.35. The Morgan fingerprint density at radius 2 is 2.18 bits per heavy atom. The minimum absolute atomic E-state index is 0.151. The molecule has 1 amide bonds. The van der Waals surface area contributed by atoms with E-state index in [4.69, 9.17) is 4.74 Å². The van der Waals surface area contributed by atoms with Gasteiger partial charge in [0.2, 0.25) is 0 Å². The van der Waals surface area contributed by atoms with Crippen LogP contribution in [0.3, 0.4) is 0 Å². The number of amides is 1. The van der Waals surface area contributed by atoms with Crippen molar-refractivity contribution in [1.82, 2.24) is 19.9 Å². The molecule has 0 saturated carbocycles. The number of hydrogen-bond donors (Lipinski definition) is 0. The fourth-order valence-corrected chi connectivity index (χ4v) is 3.09. The molecule has 6 nitrogen and oxygen atoms in total. The summed E-state index contributed by atoms with van der Waals surface area (Å²) in [6.07, 6.45) is 0.609. The van der Waals surface area contributed by atoms with E-state index < -0.39 is 5.60 Å². The van der Waals surface area contributed by atoms with E-state index in [2.05, 4.69) is 32.9 Å². The number of nitrogens with zero attached hydrogens (tertiary/aromatic N) is 4. The summed E-state index contributed by atoms with van der Waals surface area (Å²) in [6.45, 7) is 6.94. The average Bonchev–Trinajstić information content (AvgIpc) is 3.01. The van der Waals surface area contributed by atoms with Crippen LogP contribution in [0.25, 0.3) is 11.0 Å². The van der Waals surface area contributed by atoms with Crippen LogP contribution in [0.2, 0.25) is 0 Å². The summed E-state index contributed by atoms with van der Waals surface area (Å²) in [5.41, 5.74) is 1.44. The maximum Gasteiger partial charge on any atom is 0.410 e. The van der Waals surface area contributed by atoms with Crippen molar-refractivity contribution in [2.45, 2.75) is 38.8 Å². The number of halogens is 1. The molecule has 0 spiro atoms. The van der Waals surface area contributed by atoms with Crippen molar-refractivity contribution in [3.8, 4) is 0 Å². The van der Waals surface area contributed by atoms with Crippen LogP contribution in [-0.2, 0) is 4.74 Å². The number of carbonyl (C=O) groups is 1. The molecule has 1 unspecified atom stereocenters. The SMILES string of the molecule is CC(C)(C)OC(=O)N1CCC(n2nnc3cc(I)ccc32)C1. The topological polar surface area (TPSA) is 60.2 Å². The fourth-order valence-electron chi connectivity index (χ4n) is 2.62. The summed E-state index contributed by atoms with van der Waals surface area (Å²) >= 11 is 2.26. The first kappa shape index (κ1) is 15.5. The van der Waals surface area contributed by atoms with E-state index in [1.165, 1.54) is 0 Å². The molecule has 1 fully saturated rings. The zero-order valence-corrected chi connectivity index (χ0v) is 15.1. The van der Waals surface area contributed by atoms with Gasteiger partial charge in [-0.15, -0.1) is 5.10 Å². The van der Waals surface area contributed by atoms with E-state index >= 15 is 0 Å². The first-order chi connectivity index (χ1) is 10.3. The van der Waals surface area contributed by atoms with Crippen molar-refractivity contribution in [1.29, 1.82) is 0 Å². The normalized spacial score (nSPS) is 18.9. The molecule has 7 heteroatoms. The van der Waals surface area contributed by atoms with Crippen LogP contribution in [0, 0.1) is 3.57 Å². The first-order valence-electron chi connectivity index (χ1n) is 7.32. The number of rotatable bonds is 1. The lowest BCUT2D eigenvalue weighted by atomic mass is 10.2. The molecule has 1 atom stereocenters. The van der Waals surface area contributed by atoms with Crippen LogP contribution in [0.4, 0.5) is 4.79 Å². The van der Waals surface area contributed by atoms with E-state index in [1.54, 1.807) is 4.90 Å². The third-order valence-corrected chi connectivity index (χ3v) is 4.27. The van der Waals surface area contributed by atoms with Gasteiger partial charge < -0.3 is 9.64 Å². The Bertz CT molecular complexity index is 707. The van der Waals surface area contributed by atoms with Crippen LogP contribution < -0.4 is 0 Å². The van der Waals surface area contributed by atoms with Gasteiger partial charge in [0.25, 0.3) is 0 Å². The Labute approximate surface area is 142 Å². The second kappa shape index (κ2) is 5.68. The Balaban J connectivity index is 1.76. The largest absolute Gasteiger partial charge is 0.444 e. The molecular weight excluding hydrogens is 395 g/mol. The molecule has 1 aromatic carbocycles. The number of fused-ring (bicyclic) bond motifs is 1. The van der Waals surface area contributed by atoms with Crippen LogP contribution >= 0.6 is 22.6 Å². The minimum Gasteiger partial charge on any atom is -0.444 e. The summed E-state index contributed by atoms with van der Waals surface area (Å²) in [4.78, 5) is 13.9. The molecule has 2 aromatic rings. The van der Waals surface area contributed by atoms with Gasteiger partial charge in [-0.2, -0.15) is 0 Å².